The number of aryl methyl sites for hydroxylation is 2. The van der Waals surface area contributed by atoms with E-state index in [9.17, 15) is 9.59 Å². The molecular formula is C19H16N4O5S. The summed E-state index contributed by atoms with van der Waals surface area (Å²) in [6, 6.07) is 7.44. The second-order valence-electron chi connectivity index (χ2n) is 6.60. The van der Waals surface area contributed by atoms with Crippen LogP contribution < -0.4 is 15.0 Å². The van der Waals surface area contributed by atoms with E-state index in [2.05, 4.69) is 10.2 Å². The Hall–Kier alpha value is -3.40. The lowest BCUT2D eigenvalue weighted by Gasteiger charge is -2.07. The standard InChI is InChI=1S/C19H16N4O5S/c1-22-18(25)17-12(6-7-29-17)23-15(20-21-19(22)23)9-26-16(24)5-3-11-2-4-13-14(8-11)28-10-27-13/h2,4,6-8H,3,5,9-10H2,1H3. The smallest absolute Gasteiger partial charge is 0.306 e. The van der Waals surface area contributed by atoms with E-state index in [0.717, 1.165) is 5.56 Å². The Labute approximate surface area is 168 Å². The molecule has 0 atom stereocenters. The fourth-order valence-electron chi connectivity index (χ4n) is 3.31. The van der Waals surface area contributed by atoms with Crippen LogP contribution >= 0.6 is 11.3 Å². The summed E-state index contributed by atoms with van der Waals surface area (Å²) >= 11 is 1.36. The van der Waals surface area contributed by atoms with Gasteiger partial charge in [0.2, 0.25) is 12.6 Å². The molecule has 5 rings (SSSR count). The van der Waals surface area contributed by atoms with Gasteiger partial charge in [-0.2, -0.15) is 0 Å². The first-order chi connectivity index (χ1) is 14.1. The highest BCUT2D eigenvalue weighted by Gasteiger charge is 2.17. The molecule has 0 fully saturated rings. The van der Waals surface area contributed by atoms with Gasteiger partial charge in [-0.3, -0.25) is 18.6 Å². The van der Waals surface area contributed by atoms with Gasteiger partial charge >= 0.3 is 5.97 Å². The fraction of sp³-hybridized carbons (Fsp3) is 0.263. The van der Waals surface area contributed by atoms with Gasteiger partial charge in [0.1, 0.15) is 4.70 Å². The van der Waals surface area contributed by atoms with Gasteiger partial charge in [0.25, 0.3) is 5.56 Å². The zero-order valence-electron chi connectivity index (χ0n) is 15.5. The van der Waals surface area contributed by atoms with E-state index < -0.39 is 0 Å². The summed E-state index contributed by atoms with van der Waals surface area (Å²) in [6.07, 6.45) is 0.752. The predicted molar refractivity (Wildman–Crippen MR) is 104 cm³/mol. The normalized spacial score (nSPS) is 12.7. The number of carbonyl (C=O) groups excluding carboxylic acids is 1. The summed E-state index contributed by atoms with van der Waals surface area (Å²) in [5.74, 6) is 1.94. The largest absolute Gasteiger partial charge is 0.457 e. The molecule has 4 aromatic rings. The molecule has 0 radical (unpaired) electrons. The van der Waals surface area contributed by atoms with E-state index in [1.54, 1.807) is 11.4 Å². The molecule has 29 heavy (non-hydrogen) atoms. The molecule has 0 saturated carbocycles. The van der Waals surface area contributed by atoms with Crippen molar-refractivity contribution in [3.8, 4) is 11.5 Å². The lowest BCUT2D eigenvalue weighted by atomic mass is 10.1. The molecule has 9 nitrogen and oxygen atoms in total. The number of esters is 1. The Kier molecular flexibility index (Phi) is 4.20. The number of hydrogen-bond donors (Lipinski definition) is 0. The van der Waals surface area contributed by atoms with Crippen molar-refractivity contribution in [2.24, 2.45) is 7.05 Å². The second-order valence-corrected chi connectivity index (χ2v) is 7.52. The van der Waals surface area contributed by atoms with E-state index >= 15 is 0 Å². The van der Waals surface area contributed by atoms with Crippen LogP contribution in [0.5, 0.6) is 11.5 Å². The quantitative estimate of drug-likeness (QED) is 0.463. The summed E-state index contributed by atoms with van der Waals surface area (Å²) in [6.45, 7) is 0.195. The molecule has 1 aliphatic heterocycles. The number of thiophene rings is 1. The van der Waals surface area contributed by atoms with Crippen LogP contribution in [0.25, 0.3) is 16.0 Å². The molecule has 0 unspecified atom stereocenters. The van der Waals surface area contributed by atoms with Crippen molar-refractivity contribution in [1.82, 2.24) is 19.2 Å². The summed E-state index contributed by atoms with van der Waals surface area (Å²) in [7, 11) is 1.65. The van der Waals surface area contributed by atoms with Gasteiger partial charge in [0, 0.05) is 13.5 Å². The van der Waals surface area contributed by atoms with Crippen molar-refractivity contribution in [3.63, 3.8) is 0 Å². The topological polar surface area (TPSA) is 97.0 Å². The number of carbonyl (C=O) groups is 1. The number of aromatic nitrogens is 4. The minimum Gasteiger partial charge on any atom is -0.457 e. The minimum atomic E-state index is -0.342. The highest BCUT2D eigenvalue weighted by Crippen LogP contribution is 2.32. The molecule has 0 spiro atoms. The molecule has 0 amide bonds. The van der Waals surface area contributed by atoms with Crippen molar-refractivity contribution in [3.05, 3.63) is 51.4 Å². The summed E-state index contributed by atoms with van der Waals surface area (Å²) in [5.41, 5.74) is 1.56. The maximum absolute atomic E-state index is 12.4. The molecule has 4 heterocycles. The molecule has 0 aliphatic carbocycles. The highest BCUT2D eigenvalue weighted by molar-refractivity contribution is 7.17. The number of nitrogens with zero attached hydrogens (tertiary/aromatic N) is 4. The van der Waals surface area contributed by atoms with Crippen molar-refractivity contribution in [2.45, 2.75) is 19.4 Å². The van der Waals surface area contributed by atoms with Crippen LogP contribution in [0.1, 0.15) is 17.8 Å². The third-order valence-electron chi connectivity index (χ3n) is 4.81. The average molecular weight is 412 g/mol. The van der Waals surface area contributed by atoms with E-state index in [-0.39, 0.29) is 31.3 Å². The monoisotopic (exact) mass is 412 g/mol. The van der Waals surface area contributed by atoms with Crippen LogP contribution in [0.15, 0.2) is 34.4 Å². The fourth-order valence-corrected chi connectivity index (χ4v) is 4.16. The lowest BCUT2D eigenvalue weighted by molar-refractivity contribution is -0.145. The van der Waals surface area contributed by atoms with Crippen LogP contribution in [0.2, 0.25) is 0 Å². The Balaban J connectivity index is 1.29. The molecule has 1 aromatic carbocycles. The minimum absolute atomic E-state index is 0.0235. The first-order valence-electron chi connectivity index (χ1n) is 8.96. The Morgan fingerprint density at radius 2 is 2.10 bits per heavy atom. The van der Waals surface area contributed by atoms with Crippen LogP contribution in [0, 0.1) is 0 Å². The maximum Gasteiger partial charge on any atom is 0.306 e. The zero-order chi connectivity index (χ0) is 20.0. The summed E-state index contributed by atoms with van der Waals surface area (Å²) in [5, 5.41) is 10.0. The van der Waals surface area contributed by atoms with Gasteiger partial charge in [-0.1, -0.05) is 6.07 Å². The maximum atomic E-state index is 12.4. The number of benzene rings is 1. The molecule has 10 heteroatoms. The third-order valence-corrected chi connectivity index (χ3v) is 5.71. The molecule has 0 saturated heterocycles. The van der Waals surface area contributed by atoms with E-state index in [0.29, 0.717) is 39.7 Å². The van der Waals surface area contributed by atoms with Gasteiger partial charge in [-0.25, -0.2) is 0 Å². The van der Waals surface area contributed by atoms with Crippen LogP contribution in [0.4, 0.5) is 0 Å². The van der Waals surface area contributed by atoms with Crippen LogP contribution in [0.3, 0.4) is 0 Å². The number of ether oxygens (including phenoxy) is 3. The van der Waals surface area contributed by atoms with E-state index in [4.69, 9.17) is 14.2 Å². The summed E-state index contributed by atoms with van der Waals surface area (Å²) in [4.78, 5) is 24.6. The van der Waals surface area contributed by atoms with Crippen molar-refractivity contribution < 1.29 is 19.0 Å². The SMILES string of the molecule is Cn1c(=O)c2sccc2n2c(COC(=O)CCc3ccc4c(c3)OCO4)nnc12. The molecule has 3 aromatic heterocycles. The lowest BCUT2D eigenvalue weighted by Crippen LogP contribution is -2.19. The first kappa shape index (κ1) is 17.7. The average Bonchev–Trinajstić information content (AvgIpc) is 3.47. The van der Waals surface area contributed by atoms with Crippen LogP contribution in [-0.2, 0) is 29.6 Å². The Bertz CT molecular complexity index is 1310. The Morgan fingerprint density at radius 1 is 1.24 bits per heavy atom. The molecule has 0 bridgehead atoms. The first-order valence-corrected chi connectivity index (χ1v) is 9.84. The summed E-state index contributed by atoms with van der Waals surface area (Å²) < 4.78 is 19.8. The predicted octanol–water partition coefficient (Wildman–Crippen LogP) is 2.05. The van der Waals surface area contributed by atoms with Gasteiger partial charge in [-0.05, 0) is 35.6 Å². The van der Waals surface area contributed by atoms with Gasteiger partial charge < -0.3 is 14.2 Å². The molecule has 1 aliphatic rings. The van der Waals surface area contributed by atoms with E-state index in [1.165, 1.54) is 15.9 Å². The van der Waals surface area contributed by atoms with E-state index in [1.807, 2.05) is 29.6 Å². The van der Waals surface area contributed by atoms with Gasteiger partial charge in [-0.15, -0.1) is 21.5 Å². The number of fused-ring (bicyclic) bond motifs is 4. The van der Waals surface area contributed by atoms with Crippen LogP contribution in [-0.4, -0.2) is 31.9 Å². The number of hydrogen-bond acceptors (Lipinski definition) is 8. The zero-order valence-corrected chi connectivity index (χ0v) is 16.3. The molecule has 0 N–H and O–H groups in total. The van der Waals surface area contributed by atoms with Crippen molar-refractivity contribution in [2.75, 3.05) is 6.79 Å². The number of rotatable bonds is 5. The second kappa shape index (κ2) is 6.89. The third kappa shape index (κ3) is 3.01. The molecular weight excluding hydrogens is 396 g/mol. The molecule has 148 valence electrons. The highest BCUT2D eigenvalue weighted by atomic mass is 32.1. The van der Waals surface area contributed by atoms with Gasteiger partial charge in [0.15, 0.2) is 23.9 Å². The Morgan fingerprint density at radius 3 is 3.00 bits per heavy atom. The van der Waals surface area contributed by atoms with Gasteiger partial charge in [0.05, 0.1) is 5.52 Å². The van der Waals surface area contributed by atoms with Crippen molar-refractivity contribution >= 4 is 33.3 Å². The van der Waals surface area contributed by atoms with Crippen molar-refractivity contribution in [1.29, 1.82) is 0 Å².